The fourth-order valence-corrected chi connectivity index (χ4v) is 9.55. The first kappa shape index (κ1) is 32.5. The minimum absolute atomic E-state index is 0.634. The van der Waals surface area contributed by atoms with Crippen LogP contribution in [0.2, 0.25) is 0 Å². The summed E-state index contributed by atoms with van der Waals surface area (Å²) in [5, 5.41) is 0. The van der Waals surface area contributed by atoms with Gasteiger partial charge < -0.3 is 0 Å². The Kier molecular flexibility index (Phi) is 11.0. The predicted molar refractivity (Wildman–Crippen MR) is 200 cm³/mol. The van der Waals surface area contributed by atoms with E-state index in [2.05, 4.69) is 67.9 Å². The van der Waals surface area contributed by atoms with Crippen LogP contribution in [-0.4, -0.2) is 17.4 Å². The van der Waals surface area contributed by atoms with Gasteiger partial charge in [-0.3, -0.25) is 9.98 Å². The van der Waals surface area contributed by atoms with Gasteiger partial charge in [-0.25, -0.2) is 4.98 Å². The van der Waals surface area contributed by atoms with Crippen LogP contribution in [0.4, 0.5) is 11.4 Å². The molecule has 1 aromatic heterocycles. The molecule has 0 radical (unpaired) electrons. The van der Waals surface area contributed by atoms with Gasteiger partial charge in [0, 0.05) is 0 Å². The zero-order valence-corrected chi connectivity index (χ0v) is 29.1. The number of aromatic nitrogens is 1. The second kappa shape index (κ2) is 15.9. The molecule has 1 heterocycles. The van der Waals surface area contributed by atoms with Gasteiger partial charge >= 0.3 is 0 Å². The van der Waals surface area contributed by atoms with Crippen molar-refractivity contribution in [3.8, 4) is 0 Å². The third-order valence-corrected chi connectivity index (χ3v) is 12.0. The van der Waals surface area contributed by atoms with E-state index in [4.69, 9.17) is 15.0 Å². The van der Waals surface area contributed by atoms with Gasteiger partial charge in [0.05, 0.1) is 35.2 Å². The van der Waals surface area contributed by atoms with Gasteiger partial charge in [0.15, 0.2) is 0 Å². The van der Waals surface area contributed by atoms with Crippen LogP contribution in [0.15, 0.2) is 58.5 Å². The summed E-state index contributed by atoms with van der Waals surface area (Å²) in [6.45, 7) is 2.18. The number of rotatable bonds is 8. The smallest absolute Gasteiger partial charge is 0.0823 e. The molecule has 4 aliphatic rings. The summed E-state index contributed by atoms with van der Waals surface area (Å²) in [6.07, 6.45) is 30.7. The first-order valence-electron chi connectivity index (χ1n) is 19.6. The molecule has 0 aliphatic heterocycles. The van der Waals surface area contributed by atoms with Gasteiger partial charge in [-0.2, -0.15) is 0 Å². The molecule has 3 heteroatoms. The van der Waals surface area contributed by atoms with Gasteiger partial charge in [0.25, 0.3) is 0 Å². The van der Waals surface area contributed by atoms with E-state index in [9.17, 15) is 0 Å². The van der Waals surface area contributed by atoms with Crippen LogP contribution in [0.3, 0.4) is 0 Å². The minimum atomic E-state index is 0.634. The number of benzene rings is 2. The summed E-state index contributed by atoms with van der Waals surface area (Å²) in [5.74, 6) is 2.54. The van der Waals surface area contributed by atoms with Crippen LogP contribution in [0, 0.1) is 6.92 Å². The van der Waals surface area contributed by atoms with Crippen LogP contribution in [0.5, 0.6) is 0 Å². The zero-order valence-electron chi connectivity index (χ0n) is 29.1. The monoisotopic (exact) mass is 627 g/mol. The van der Waals surface area contributed by atoms with Crippen LogP contribution in [0.1, 0.15) is 191 Å². The Morgan fingerprint density at radius 2 is 0.766 bits per heavy atom. The maximum atomic E-state index is 5.35. The van der Waals surface area contributed by atoms with Crippen molar-refractivity contribution in [2.45, 2.75) is 159 Å². The average molecular weight is 628 g/mol. The number of pyridine rings is 1. The predicted octanol–water partition coefficient (Wildman–Crippen LogP) is 13.1. The summed E-state index contributed by atoms with van der Waals surface area (Å²) in [6, 6.07) is 18.5. The molecular weight excluding hydrogens is 571 g/mol. The van der Waals surface area contributed by atoms with Gasteiger partial charge in [0.2, 0.25) is 0 Å². The molecule has 3 nitrogen and oxygen atoms in total. The second-order valence-electron chi connectivity index (χ2n) is 15.4. The summed E-state index contributed by atoms with van der Waals surface area (Å²) in [7, 11) is 0. The van der Waals surface area contributed by atoms with E-state index < -0.39 is 0 Å². The highest BCUT2D eigenvalue weighted by molar-refractivity contribution is 5.85. The second-order valence-corrected chi connectivity index (χ2v) is 15.4. The first-order chi connectivity index (χ1) is 23.2. The number of aryl methyl sites for hydroxylation is 1. The molecule has 0 N–H and O–H groups in total. The Morgan fingerprint density at radius 1 is 0.468 bits per heavy atom. The molecule has 4 aliphatic carbocycles. The molecule has 0 unspecified atom stereocenters. The molecule has 0 bridgehead atoms. The quantitative estimate of drug-likeness (QED) is 0.229. The molecule has 47 heavy (non-hydrogen) atoms. The average Bonchev–Trinajstić information content (AvgIpc) is 3.14. The summed E-state index contributed by atoms with van der Waals surface area (Å²) >= 11 is 0. The standard InChI is InChI=1S/C44H57N3/c1-32-28-37(30-45-43-39(33-16-6-2-7-17-33)24-14-25-40(43)34-18-8-3-9-19-34)47-38(29-32)31-46-44-41(35-20-10-4-11-21-35)26-15-27-42(44)36-22-12-5-13-23-36/h14-15,24-31,33-36H,2-13,16-23H2,1H3. The highest BCUT2D eigenvalue weighted by Crippen LogP contribution is 2.46. The third kappa shape index (κ3) is 7.98. The van der Waals surface area contributed by atoms with Crippen molar-refractivity contribution in [1.29, 1.82) is 0 Å². The van der Waals surface area contributed by atoms with Crippen molar-refractivity contribution in [1.82, 2.24) is 4.98 Å². The van der Waals surface area contributed by atoms with Gasteiger partial charge in [-0.1, -0.05) is 113 Å². The molecule has 0 amide bonds. The third-order valence-electron chi connectivity index (χ3n) is 12.0. The highest BCUT2D eigenvalue weighted by Gasteiger charge is 2.26. The molecule has 248 valence electrons. The molecule has 0 spiro atoms. The zero-order chi connectivity index (χ0) is 31.8. The molecule has 0 saturated heterocycles. The molecule has 2 aromatic carbocycles. The normalized spacial score (nSPS) is 21.2. The first-order valence-corrected chi connectivity index (χ1v) is 19.6. The van der Waals surface area contributed by atoms with E-state index in [0.717, 1.165) is 11.4 Å². The number of nitrogens with zero attached hydrogens (tertiary/aromatic N) is 3. The highest BCUT2D eigenvalue weighted by atomic mass is 14.8. The Bertz CT molecular complexity index is 1340. The molecule has 0 atom stereocenters. The van der Waals surface area contributed by atoms with E-state index in [1.165, 1.54) is 168 Å². The SMILES string of the molecule is Cc1cc(C=Nc2c(C3CCCCC3)cccc2C2CCCCC2)nc(C=Nc2c(C3CCCCC3)cccc2C2CCCCC2)c1. The Hall–Kier alpha value is -3.07. The van der Waals surface area contributed by atoms with Crippen molar-refractivity contribution in [2.75, 3.05) is 0 Å². The van der Waals surface area contributed by atoms with Crippen LogP contribution >= 0.6 is 0 Å². The molecule has 7 rings (SSSR count). The summed E-state index contributed by atoms with van der Waals surface area (Å²) < 4.78 is 0. The van der Waals surface area contributed by atoms with Crippen LogP contribution < -0.4 is 0 Å². The molecule has 4 fully saturated rings. The molecule has 3 aromatic rings. The van der Waals surface area contributed by atoms with Crippen molar-refractivity contribution in [3.05, 3.63) is 87.7 Å². The number of hydrogen-bond acceptors (Lipinski definition) is 3. The van der Waals surface area contributed by atoms with E-state index in [1.54, 1.807) is 0 Å². The lowest BCUT2D eigenvalue weighted by molar-refractivity contribution is 0.436. The number of aliphatic imine (C=N–C) groups is 2. The molecular formula is C44H57N3. The van der Waals surface area contributed by atoms with Crippen molar-refractivity contribution in [2.24, 2.45) is 9.98 Å². The lowest BCUT2D eigenvalue weighted by Crippen LogP contribution is -2.09. The van der Waals surface area contributed by atoms with Crippen LogP contribution in [0.25, 0.3) is 0 Å². The largest absolute Gasteiger partial charge is 0.254 e. The maximum absolute atomic E-state index is 5.35. The Balaban J connectivity index is 1.21. The van der Waals surface area contributed by atoms with Gasteiger partial charge in [-0.05, 0) is 122 Å². The maximum Gasteiger partial charge on any atom is 0.0823 e. The van der Waals surface area contributed by atoms with Gasteiger partial charge in [-0.15, -0.1) is 0 Å². The van der Waals surface area contributed by atoms with E-state index in [0.29, 0.717) is 23.7 Å². The number of hydrogen-bond donors (Lipinski definition) is 0. The van der Waals surface area contributed by atoms with Crippen LogP contribution in [-0.2, 0) is 0 Å². The fraction of sp³-hybridized carbons (Fsp3) is 0.568. The fourth-order valence-electron chi connectivity index (χ4n) is 9.55. The Labute approximate surface area is 284 Å². The lowest BCUT2D eigenvalue weighted by atomic mass is 9.78. The minimum Gasteiger partial charge on any atom is -0.254 e. The lowest BCUT2D eigenvalue weighted by Gasteiger charge is -2.28. The summed E-state index contributed by atoms with van der Waals surface area (Å²) in [4.78, 5) is 15.8. The molecule has 4 saturated carbocycles. The van der Waals surface area contributed by atoms with Crippen molar-refractivity contribution < 1.29 is 0 Å². The summed E-state index contributed by atoms with van der Waals surface area (Å²) in [5.41, 5.74) is 11.5. The van der Waals surface area contributed by atoms with Gasteiger partial charge in [0.1, 0.15) is 0 Å². The number of para-hydroxylation sites is 2. The van der Waals surface area contributed by atoms with Crippen molar-refractivity contribution in [3.63, 3.8) is 0 Å². The van der Waals surface area contributed by atoms with Crippen molar-refractivity contribution >= 4 is 23.8 Å². The topological polar surface area (TPSA) is 37.6 Å². The van der Waals surface area contributed by atoms with E-state index >= 15 is 0 Å². The van der Waals surface area contributed by atoms with E-state index in [1.807, 2.05) is 0 Å². The van der Waals surface area contributed by atoms with E-state index in [-0.39, 0.29) is 0 Å². The Morgan fingerprint density at radius 3 is 1.06 bits per heavy atom.